The second-order valence-electron chi connectivity index (χ2n) is 9.48. The van der Waals surface area contributed by atoms with Crippen LogP contribution in [0.15, 0.2) is 65.8 Å². The van der Waals surface area contributed by atoms with Gasteiger partial charge in [-0.3, -0.25) is 0 Å². The summed E-state index contributed by atoms with van der Waals surface area (Å²) in [5.74, 6) is -1.83. The lowest BCUT2D eigenvalue weighted by molar-refractivity contribution is -0.308. The number of pyridine rings is 1. The second kappa shape index (κ2) is 12.2. The van der Waals surface area contributed by atoms with Gasteiger partial charge in [-0.2, -0.15) is 5.26 Å². The molecule has 0 aliphatic carbocycles. The number of rotatable bonds is 6. The lowest BCUT2D eigenvalue weighted by atomic mass is 9.95. The first-order valence-electron chi connectivity index (χ1n) is 12.7. The Morgan fingerprint density at radius 2 is 1.88 bits per heavy atom. The molecule has 0 spiro atoms. The van der Waals surface area contributed by atoms with E-state index in [2.05, 4.69) is 21.4 Å². The van der Waals surface area contributed by atoms with E-state index in [9.17, 15) is 14.0 Å². The van der Waals surface area contributed by atoms with E-state index in [4.69, 9.17) is 42.1 Å². The molecular weight excluding hydrogens is 611 g/mol. The molecule has 6 atom stereocenters. The van der Waals surface area contributed by atoms with E-state index in [1.807, 2.05) is 30.3 Å². The molecule has 216 valence electrons. The van der Waals surface area contributed by atoms with E-state index >= 15 is 0 Å². The number of benzene rings is 2. The molecule has 14 heteroatoms. The Morgan fingerprint density at radius 1 is 1.12 bits per heavy atom. The molecule has 0 radical (unpaired) electrons. The van der Waals surface area contributed by atoms with Gasteiger partial charge in [0, 0.05) is 29.3 Å². The molecule has 2 saturated heterocycles. The van der Waals surface area contributed by atoms with Gasteiger partial charge in [0.05, 0.1) is 17.8 Å². The summed E-state index contributed by atoms with van der Waals surface area (Å²) in [7, 11) is 1.52. The minimum absolute atomic E-state index is 0.155. The largest absolute Gasteiger partial charge is 0.375 e. The number of halogens is 4. The van der Waals surface area contributed by atoms with Crippen molar-refractivity contribution in [3.63, 3.8) is 0 Å². The van der Waals surface area contributed by atoms with Crippen LogP contribution in [0.3, 0.4) is 0 Å². The third-order valence-electron chi connectivity index (χ3n) is 6.92. The molecule has 4 heterocycles. The van der Waals surface area contributed by atoms with Crippen LogP contribution < -0.4 is 0 Å². The van der Waals surface area contributed by atoms with Gasteiger partial charge in [-0.25, -0.2) is 18.4 Å². The van der Waals surface area contributed by atoms with Crippen LogP contribution in [0.4, 0.5) is 8.78 Å². The van der Waals surface area contributed by atoms with E-state index < -0.39 is 52.7 Å². The summed E-state index contributed by atoms with van der Waals surface area (Å²) < 4.78 is 54.9. The Balaban J connectivity index is 1.39. The Bertz CT molecular complexity index is 1620. The maximum absolute atomic E-state index is 14.2. The van der Waals surface area contributed by atoms with Gasteiger partial charge in [-0.05, 0) is 18.2 Å². The molecule has 0 N–H and O–H groups in total. The first-order chi connectivity index (χ1) is 20.4. The van der Waals surface area contributed by atoms with Crippen molar-refractivity contribution in [2.24, 2.45) is 0 Å². The number of nitriles is 1. The number of thioether (sulfide) groups is 1. The first-order valence-corrected chi connectivity index (χ1v) is 14.3. The molecule has 2 aromatic carbocycles. The zero-order valence-electron chi connectivity index (χ0n) is 21.7. The number of hydrogen-bond acceptors (Lipinski definition) is 9. The molecule has 0 amide bonds. The lowest BCUT2D eigenvalue weighted by Crippen LogP contribution is -2.59. The number of hydrogen-bond donors (Lipinski definition) is 0. The SMILES string of the molecule is COC1C(n2cc(-c3cc(F)c(Cl)c(F)c3)nn2)[C@H]2OC(c3ccccc3)OCC2O[C@@H]1Sc1cc(Cl)cnc1C#N. The Kier molecular flexibility index (Phi) is 8.42. The van der Waals surface area contributed by atoms with Gasteiger partial charge in [0.2, 0.25) is 0 Å². The fraction of sp³-hybridized carbons (Fsp3) is 0.286. The molecule has 9 nitrogen and oxygen atoms in total. The van der Waals surface area contributed by atoms with Gasteiger partial charge in [0.15, 0.2) is 12.0 Å². The van der Waals surface area contributed by atoms with Crippen molar-refractivity contribution in [3.05, 3.63) is 93.9 Å². The molecule has 2 fully saturated rings. The monoisotopic (exact) mass is 631 g/mol. The summed E-state index contributed by atoms with van der Waals surface area (Å²) in [6.07, 6.45) is 0.349. The maximum atomic E-state index is 14.2. The molecule has 2 aromatic heterocycles. The van der Waals surface area contributed by atoms with Gasteiger partial charge in [-0.1, -0.05) is 70.5 Å². The van der Waals surface area contributed by atoms with E-state index in [1.165, 1.54) is 29.8 Å². The molecule has 2 aliphatic heterocycles. The zero-order valence-corrected chi connectivity index (χ0v) is 24.1. The minimum Gasteiger partial charge on any atom is -0.375 e. The molecule has 4 unspecified atom stereocenters. The van der Waals surface area contributed by atoms with Crippen molar-refractivity contribution in [2.45, 2.75) is 41.0 Å². The molecule has 42 heavy (non-hydrogen) atoms. The summed E-state index contributed by atoms with van der Waals surface area (Å²) in [5.41, 5.74) is 0.672. The van der Waals surface area contributed by atoms with Gasteiger partial charge in [0.1, 0.15) is 58.2 Å². The van der Waals surface area contributed by atoms with Gasteiger partial charge in [-0.15, -0.1) is 5.10 Å². The normalized spacial score (nSPS) is 25.5. The fourth-order valence-corrected chi connectivity index (χ4v) is 6.56. The summed E-state index contributed by atoms with van der Waals surface area (Å²) in [4.78, 5) is 4.62. The van der Waals surface area contributed by atoms with Crippen LogP contribution >= 0.6 is 35.0 Å². The van der Waals surface area contributed by atoms with Crippen LogP contribution in [0.2, 0.25) is 10.0 Å². The van der Waals surface area contributed by atoms with Crippen LogP contribution in [-0.2, 0) is 18.9 Å². The van der Waals surface area contributed by atoms with E-state index in [0.29, 0.717) is 9.92 Å². The first kappa shape index (κ1) is 28.9. The predicted molar refractivity (Wildman–Crippen MR) is 149 cm³/mol. The molecular formula is C28H21Cl2F2N5O4S. The highest BCUT2D eigenvalue weighted by Gasteiger charge is 2.52. The average Bonchev–Trinajstić information content (AvgIpc) is 3.49. The number of fused-ring (bicyclic) bond motifs is 1. The molecule has 0 bridgehead atoms. The standard InChI is InChI=1S/C28H21Cl2F2N5O4S/c1-38-26-24(37-12-20(35-36-37)15-7-17(31)23(30)18(32)8-15)25-21(13-39-27(41-25)14-5-3-2-4-6-14)40-28(26)42-22-9-16(29)11-34-19(22)10-33/h2-9,11-12,21,24-28H,13H2,1H3/t21?,24?,25-,26?,27?,28+/m0/s1. The van der Waals surface area contributed by atoms with Crippen molar-refractivity contribution in [1.82, 2.24) is 20.0 Å². The third kappa shape index (κ3) is 5.61. The number of methoxy groups -OCH3 is 1. The number of aromatic nitrogens is 4. The molecule has 4 aromatic rings. The third-order valence-corrected chi connectivity index (χ3v) is 8.66. The molecule has 2 aliphatic rings. The highest BCUT2D eigenvalue weighted by Crippen LogP contribution is 2.45. The Morgan fingerprint density at radius 3 is 2.60 bits per heavy atom. The summed E-state index contributed by atoms with van der Waals surface area (Å²) >= 11 is 13.1. The van der Waals surface area contributed by atoms with Crippen molar-refractivity contribution in [3.8, 4) is 17.3 Å². The van der Waals surface area contributed by atoms with Gasteiger partial charge < -0.3 is 18.9 Å². The summed E-state index contributed by atoms with van der Waals surface area (Å²) in [6, 6.07) is 14.7. The van der Waals surface area contributed by atoms with Crippen LogP contribution in [0.1, 0.15) is 23.6 Å². The summed E-state index contributed by atoms with van der Waals surface area (Å²) in [6.45, 7) is 0.183. The highest BCUT2D eigenvalue weighted by molar-refractivity contribution is 7.99. The lowest BCUT2D eigenvalue weighted by Gasteiger charge is -2.48. The van der Waals surface area contributed by atoms with Crippen LogP contribution in [0.5, 0.6) is 0 Å². The van der Waals surface area contributed by atoms with E-state index in [0.717, 1.165) is 17.7 Å². The molecule has 6 rings (SSSR count). The van der Waals surface area contributed by atoms with E-state index in [-0.39, 0.29) is 23.6 Å². The smallest absolute Gasteiger partial charge is 0.184 e. The quantitative estimate of drug-likeness (QED) is 0.237. The van der Waals surface area contributed by atoms with Crippen LogP contribution in [0, 0.1) is 23.0 Å². The van der Waals surface area contributed by atoms with Gasteiger partial charge >= 0.3 is 0 Å². The van der Waals surface area contributed by atoms with Crippen LogP contribution in [0.25, 0.3) is 11.3 Å². The van der Waals surface area contributed by atoms with E-state index in [1.54, 1.807) is 12.3 Å². The van der Waals surface area contributed by atoms with Crippen molar-refractivity contribution < 1.29 is 27.7 Å². The maximum Gasteiger partial charge on any atom is 0.184 e. The Hall–Kier alpha value is -3.15. The van der Waals surface area contributed by atoms with Crippen LogP contribution in [-0.4, -0.2) is 57.4 Å². The number of nitrogens with zero attached hydrogens (tertiary/aromatic N) is 5. The van der Waals surface area contributed by atoms with Gasteiger partial charge in [0.25, 0.3) is 0 Å². The zero-order chi connectivity index (χ0) is 29.4. The minimum atomic E-state index is -0.916. The summed E-state index contributed by atoms with van der Waals surface area (Å²) in [5, 5.41) is 17.9. The average molecular weight is 632 g/mol. The Labute approximate surface area is 253 Å². The fourth-order valence-electron chi connectivity index (χ4n) is 4.97. The predicted octanol–water partition coefficient (Wildman–Crippen LogP) is 5.98. The van der Waals surface area contributed by atoms with Crippen molar-refractivity contribution >= 4 is 35.0 Å². The number of ether oxygens (including phenoxy) is 4. The molecule has 0 saturated carbocycles. The topological polar surface area (TPSA) is 104 Å². The van der Waals surface area contributed by atoms with Crippen molar-refractivity contribution in [2.75, 3.05) is 13.7 Å². The highest BCUT2D eigenvalue weighted by atomic mass is 35.5. The van der Waals surface area contributed by atoms with Crippen molar-refractivity contribution in [1.29, 1.82) is 5.26 Å². The second-order valence-corrected chi connectivity index (χ2v) is 11.4.